The van der Waals surface area contributed by atoms with Gasteiger partial charge in [-0.1, -0.05) is 0 Å². The van der Waals surface area contributed by atoms with Crippen LogP contribution < -0.4 is 6.15 Å². The molecular formula is H7CoNO7P2. The number of hydrogen-bond donors (Lipinski definition) is 5. The maximum absolute atomic E-state index is 9.63. The summed E-state index contributed by atoms with van der Waals surface area (Å²) >= 11 is 0. The van der Waals surface area contributed by atoms with Gasteiger partial charge < -0.3 is 25.7 Å². The van der Waals surface area contributed by atoms with Crippen molar-refractivity contribution in [3.63, 3.8) is 0 Å². The SMILES string of the molecule is N.O=P(O)(O)OP(=O)(O)O.[Co]. The zero-order chi connectivity index (χ0) is 7.71. The zero-order valence-electron chi connectivity index (χ0n) is 4.95. The molecule has 0 aliphatic rings. The van der Waals surface area contributed by atoms with Crippen LogP contribution in [-0.4, -0.2) is 19.6 Å². The van der Waals surface area contributed by atoms with Crippen LogP contribution in [0.3, 0.4) is 0 Å². The summed E-state index contributed by atoms with van der Waals surface area (Å²) in [5.41, 5.74) is 0. The van der Waals surface area contributed by atoms with E-state index in [0.29, 0.717) is 0 Å². The molecule has 0 saturated carbocycles. The van der Waals surface area contributed by atoms with Gasteiger partial charge in [0.05, 0.1) is 0 Å². The second-order valence-corrected chi connectivity index (χ2v) is 3.68. The fraction of sp³-hybridized carbons (Fsp3) is 0. The third-order valence-electron chi connectivity index (χ3n) is 0.213. The molecule has 8 nitrogen and oxygen atoms in total. The molecule has 73 valence electrons. The van der Waals surface area contributed by atoms with E-state index in [1.165, 1.54) is 0 Å². The summed E-state index contributed by atoms with van der Waals surface area (Å²) in [5, 5.41) is 0. The molecule has 0 unspecified atom stereocenters. The molecule has 0 fully saturated rings. The van der Waals surface area contributed by atoms with Gasteiger partial charge in [-0.3, -0.25) is 0 Å². The normalized spacial score (nSPS) is 11.3. The molecule has 0 aromatic rings. The topological polar surface area (TPSA) is 159 Å². The van der Waals surface area contributed by atoms with Gasteiger partial charge in [0.1, 0.15) is 0 Å². The smallest absolute Gasteiger partial charge is 0.344 e. The molecule has 0 aromatic heterocycles. The van der Waals surface area contributed by atoms with Crippen LogP contribution in [-0.2, 0) is 30.2 Å². The van der Waals surface area contributed by atoms with Crippen LogP contribution in [0.4, 0.5) is 0 Å². The van der Waals surface area contributed by atoms with Gasteiger partial charge in [-0.15, -0.1) is 0 Å². The van der Waals surface area contributed by atoms with Crippen LogP contribution in [0.25, 0.3) is 0 Å². The minimum atomic E-state index is -5.05. The quantitative estimate of drug-likeness (QED) is 0.406. The summed E-state index contributed by atoms with van der Waals surface area (Å²) in [6.07, 6.45) is 0. The zero-order valence-corrected chi connectivity index (χ0v) is 7.78. The summed E-state index contributed by atoms with van der Waals surface area (Å²) in [7, 11) is -10.1. The van der Waals surface area contributed by atoms with E-state index in [0.717, 1.165) is 0 Å². The van der Waals surface area contributed by atoms with Gasteiger partial charge in [0, 0.05) is 16.8 Å². The fourth-order valence-corrected chi connectivity index (χ4v) is 1.25. The van der Waals surface area contributed by atoms with Crippen LogP contribution in [0, 0.1) is 0 Å². The Bertz CT molecular complexity index is 157. The van der Waals surface area contributed by atoms with Gasteiger partial charge in [-0.2, -0.15) is 4.31 Å². The molecule has 11 heavy (non-hydrogen) atoms. The first-order valence-electron chi connectivity index (χ1n) is 1.53. The molecule has 0 bridgehead atoms. The molecule has 1 radical (unpaired) electrons. The summed E-state index contributed by atoms with van der Waals surface area (Å²) < 4.78 is 22.2. The summed E-state index contributed by atoms with van der Waals surface area (Å²) in [6, 6.07) is 0. The third kappa shape index (κ3) is 18.1. The molecule has 0 rings (SSSR count). The van der Waals surface area contributed by atoms with E-state index in [-0.39, 0.29) is 22.9 Å². The van der Waals surface area contributed by atoms with Crippen molar-refractivity contribution < 1.29 is 49.8 Å². The van der Waals surface area contributed by atoms with Crippen molar-refractivity contribution in [3.05, 3.63) is 0 Å². The second kappa shape index (κ2) is 5.39. The van der Waals surface area contributed by atoms with Crippen molar-refractivity contribution in [3.8, 4) is 0 Å². The minimum Gasteiger partial charge on any atom is -0.344 e. The van der Waals surface area contributed by atoms with Crippen molar-refractivity contribution in [2.24, 2.45) is 0 Å². The maximum atomic E-state index is 9.63. The first-order chi connectivity index (χ1) is 3.71. The minimum absolute atomic E-state index is 0. The van der Waals surface area contributed by atoms with E-state index in [4.69, 9.17) is 19.6 Å². The largest absolute Gasteiger partial charge is 0.478 e. The Labute approximate surface area is 72.2 Å². The van der Waals surface area contributed by atoms with Crippen LogP contribution >= 0.6 is 15.6 Å². The van der Waals surface area contributed by atoms with Crippen molar-refractivity contribution in [1.82, 2.24) is 6.15 Å². The Morgan fingerprint density at radius 2 is 1.09 bits per heavy atom. The van der Waals surface area contributed by atoms with E-state index in [9.17, 15) is 9.13 Å². The summed E-state index contributed by atoms with van der Waals surface area (Å²) in [4.78, 5) is 31.0. The first-order valence-corrected chi connectivity index (χ1v) is 4.59. The Kier molecular flexibility index (Phi) is 8.67. The first kappa shape index (κ1) is 17.7. The predicted octanol–water partition coefficient (Wildman–Crippen LogP) is -0.652. The maximum Gasteiger partial charge on any atom is 0.478 e. The van der Waals surface area contributed by atoms with Crippen LogP contribution in [0.2, 0.25) is 0 Å². The Morgan fingerprint density at radius 1 is 0.909 bits per heavy atom. The number of rotatable bonds is 2. The van der Waals surface area contributed by atoms with Crippen molar-refractivity contribution >= 4 is 15.6 Å². The van der Waals surface area contributed by atoms with E-state index in [1.807, 2.05) is 0 Å². The van der Waals surface area contributed by atoms with Crippen molar-refractivity contribution in [2.75, 3.05) is 0 Å². The molecule has 0 heterocycles. The van der Waals surface area contributed by atoms with E-state index in [2.05, 4.69) is 4.31 Å². The van der Waals surface area contributed by atoms with Gasteiger partial charge in [0.2, 0.25) is 0 Å². The molecular weight excluding hydrogens is 247 g/mol. The Hall–Kier alpha value is 0.726. The molecule has 0 aliphatic heterocycles. The van der Waals surface area contributed by atoms with Gasteiger partial charge in [0.25, 0.3) is 0 Å². The summed E-state index contributed by atoms with van der Waals surface area (Å²) in [6.45, 7) is 0. The molecule has 7 N–H and O–H groups in total. The van der Waals surface area contributed by atoms with Crippen molar-refractivity contribution in [2.45, 2.75) is 0 Å². The standard InChI is InChI=1S/Co.H3N.H4O7P2/c;;1-8(2,3)7-9(4,5)6/h;1H3;(H2,1,2,3)(H2,4,5,6). The third-order valence-corrected chi connectivity index (χ3v) is 1.91. The van der Waals surface area contributed by atoms with Crippen LogP contribution in [0.5, 0.6) is 0 Å². The van der Waals surface area contributed by atoms with Crippen LogP contribution in [0.1, 0.15) is 0 Å². The Balaban J connectivity index is -0.000000320. The van der Waals surface area contributed by atoms with E-state index < -0.39 is 15.6 Å². The molecule has 0 aromatic carbocycles. The second-order valence-electron chi connectivity index (χ2n) is 1.06. The predicted molar refractivity (Wildman–Crippen MR) is 30.2 cm³/mol. The average molecular weight is 254 g/mol. The molecule has 0 atom stereocenters. The number of hydrogen-bond acceptors (Lipinski definition) is 4. The fourth-order valence-electron chi connectivity index (χ4n) is 0.139. The monoisotopic (exact) mass is 254 g/mol. The van der Waals surface area contributed by atoms with Gasteiger partial charge in [0.15, 0.2) is 0 Å². The Morgan fingerprint density at radius 3 is 1.09 bits per heavy atom. The van der Waals surface area contributed by atoms with Crippen LogP contribution in [0.15, 0.2) is 0 Å². The van der Waals surface area contributed by atoms with Gasteiger partial charge in [-0.05, 0) is 0 Å². The van der Waals surface area contributed by atoms with Gasteiger partial charge in [-0.25, -0.2) is 9.13 Å². The number of phosphoric acid groups is 2. The van der Waals surface area contributed by atoms with Gasteiger partial charge >= 0.3 is 15.6 Å². The molecule has 0 amide bonds. The van der Waals surface area contributed by atoms with E-state index >= 15 is 0 Å². The van der Waals surface area contributed by atoms with Crippen molar-refractivity contribution in [1.29, 1.82) is 0 Å². The summed E-state index contributed by atoms with van der Waals surface area (Å²) in [5.74, 6) is 0. The molecule has 0 spiro atoms. The molecule has 11 heteroatoms. The van der Waals surface area contributed by atoms with E-state index in [1.54, 1.807) is 0 Å². The average Bonchev–Trinajstić information content (AvgIpc) is 1.14. The molecule has 0 saturated heterocycles. The molecule has 0 aliphatic carbocycles.